The van der Waals surface area contributed by atoms with Crippen molar-refractivity contribution in [1.82, 2.24) is 4.57 Å². The van der Waals surface area contributed by atoms with E-state index in [9.17, 15) is 14.0 Å². The second-order valence-electron chi connectivity index (χ2n) is 5.06. The van der Waals surface area contributed by atoms with Crippen LogP contribution in [0, 0.1) is 5.82 Å². The Labute approximate surface area is 131 Å². The van der Waals surface area contributed by atoms with Crippen LogP contribution in [0.3, 0.4) is 0 Å². The molecule has 0 aliphatic carbocycles. The van der Waals surface area contributed by atoms with Gasteiger partial charge >= 0.3 is 0 Å². The van der Waals surface area contributed by atoms with E-state index in [1.165, 1.54) is 18.3 Å². The van der Waals surface area contributed by atoms with E-state index in [4.69, 9.17) is 5.73 Å². The lowest BCUT2D eigenvalue weighted by atomic mass is 10.1. The van der Waals surface area contributed by atoms with Gasteiger partial charge in [0.1, 0.15) is 11.4 Å². The number of hydrogen-bond donors (Lipinski definition) is 1. The summed E-state index contributed by atoms with van der Waals surface area (Å²) >= 11 is 0. The molecule has 0 saturated heterocycles. The van der Waals surface area contributed by atoms with Gasteiger partial charge in [-0.25, -0.2) is 4.39 Å². The van der Waals surface area contributed by atoms with Crippen molar-refractivity contribution in [3.63, 3.8) is 0 Å². The minimum Gasteiger partial charge on any atom is -0.365 e. The van der Waals surface area contributed by atoms with Crippen molar-refractivity contribution in [3.8, 4) is 5.69 Å². The van der Waals surface area contributed by atoms with Crippen LogP contribution < -0.4 is 11.2 Å². The van der Waals surface area contributed by atoms with Gasteiger partial charge in [0, 0.05) is 17.3 Å². The molecule has 2 N–H and O–H groups in total. The highest BCUT2D eigenvalue weighted by molar-refractivity contribution is 5.97. The Hall–Kier alpha value is -3.21. The number of carbonyl (C=O) groups excluding carboxylic acids is 1. The first kappa shape index (κ1) is 14.7. The van der Waals surface area contributed by atoms with Gasteiger partial charge in [0.05, 0.1) is 5.52 Å². The van der Waals surface area contributed by atoms with Crippen molar-refractivity contribution in [2.75, 3.05) is 0 Å². The van der Waals surface area contributed by atoms with E-state index in [2.05, 4.69) is 6.58 Å². The van der Waals surface area contributed by atoms with E-state index in [-0.39, 0.29) is 11.4 Å². The number of nitrogens with zero attached hydrogens (tertiary/aromatic N) is 1. The molecule has 0 radical (unpaired) electrons. The first-order valence-corrected chi connectivity index (χ1v) is 6.89. The van der Waals surface area contributed by atoms with Crippen LogP contribution in [-0.2, 0) is 0 Å². The molecule has 3 aromatic rings. The second kappa shape index (κ2) is 5.53. The topological polar surface area (TPSA) is 65.1 Å². The minimum atomic E-state index is -0.809. The monoisotopic (exact) mass is 308 g/mol. The molecule has 4 nitrogen and oxygen atoms in total. The Bertz CT molecular complexity index is 988. The van der Waals surface area contributed by atoms with Crippen LogP contribution >= 0.6 is 0 Å². The zero-order chi connectivity index (χ0) is 16.6. The van der Waals surface area contributed by atoms with Crippen molar-refractivity contribution in [2.45, 2.75) is 0 Å². The van der Waals surface area contributed by atoms with Crippen LogP contribution in [-0.4, -0.2) is 10.5 Å². The second-order valence-corrected chi connectivity index (χ2v) is 5.06. The average Bonchev–Trinajstić information content (AvgIpc) is 2.55. The van der Waals surface area contributed by atoms with E-state index in [0.29, 0.717) is 16.6 Å². The maximum atomic E-state index is 13.1. The number of amides is 1. The number of aromatic nitrogens is 1. The highest BCUT2D eigenvalue weighted by atomic mass is 19.1. The van der Waals surface area contributed by atoms with E-state index < -0.39 is 11.3 Å². The summed E-state index contributed by atoms with van der Waals surface area (Å²) in [5.41, 5.74) is 6.72. The largest absolute Gasteiger partial charge is 0.365 e. The Kier molecular flexibility index (Phi) is 3.54. The molecule has 0 aliphatic heterocycles. The van der Waals surface area contributed by atoms with Crippen LogP contribution in [0.5, 0.6) is 0 Å². The Morgan fingerprint density at radius 2 is 1.87 bits per heavy atom. The van der Waals surface area contributed by atoms with E-state index in [0.717, 1.165) is 5.56 Å². The summed E-state index contributed by atoms with van der Waals surface area (Å²) in [6, 6.07) is 10.9. The lowest BCUT2D eigenvalue weighted by Crippen LogP contribution is -2.23. The van der Waals surface area contributed by atoms with Crippen molar-refractivity contribution in [2.24, 2.45) is 5.73 Å². The smallest absolute Gasteiger partial charge is 0.254 e. The average molecular weight is 308 g/mol. The molecule has 2 aromatic carbocycles. The summed E-state index contributed by atoms with van der Waals surface area (Å²) in [4.78, 5) is 24.1. The summed E-state index contributed by atoms with van der Waals surface area (Å²) in [7, 11) is 0. The Morgan fingerprint density at radius 1 is 1.17 bits per heavy atom. The Morgan fingerprint density at radius 3 is 2.48 bits per heavy atom. The van der Waals surface area contributed by atoms with E-state index in [1.807, 2.05) is 0 Å². The summed E-state index contributed by atoms with van der Waals surface area (Å²) in [5, 5.41) is 0.350. The zero-order valence-corrected chi connectivity index (χ0v) is 12.1. The van der Waals surface area contributed by atoms with Crippen molar-refractivity contribution < 1.29 is 9.18 Å². The third kappa shape index (κ3) is 2.53. The fourth-order valence-electron chi connectivity index (χ4n) is 2.47. The molecule has 1 amide bonds. The minimum absolute atomic E-state index is 0.122. The van der Waals surface area contributed by atoms with Crippen molar-refractivity contribution in [1.29, 1.82) is 0 Å². The maximum Gasteiger partial charge on any atom is 0.254 e. The summed E-state index contributed by atoms with van der Waals surface area (Å²) in [6.07, 6.45) is 2.99. The molecule has 0 atom stereocenters. The number of fused-ring (bicyclic) bond motifs is 1. The maximum absolute atomic E-state index is 13.1. The molecular formula is C18H13FN2O2. The molecule has 5 heteroatoms. The standard InChI is InChI=1S/C18H13FN2O2/c1-2-11-3-8-16-14(9-11)17(22)15(18(20)23)10-21(16)13-6-4-12(19)5-7-13/h2-10H,1H2,(H2,20,23). The fourth-order valence-corrected chi connectivity index (χ4v) is 2.47. The van der Waals surface area contributed by atoms with Gasteiger partial charge in [-0.1, -0.05) is 18.7 Å². The highest BCUT2D eigenvalue weighted by Crippen LogP contribution is 2.20. The number of halogens is 1. The molecule has 1 heterocycles. The van der Waals surface area contributed by atoms with Crippen LogP contribution in [0.4, 0.5) is 4.39 Å². The Balaban J connectivity index is 2.43. The van der Waals surface area contributed by atoms with Gasteiger partial charge in [-0.15, -0.1) is 0 Å². The predicted molar refractivity (Wildman–Crippen MR) is 88.1 cm³/mol. The van der Waals surface area contributed by atoms with Gasteiger partial charge in [-0.3, -0.25) is 9.59 Å². The molecule has 0 saturated carbocycles. The van der Waals surface area contributed by atoms with Crippen LogP contribution in [0.2, 0.25) is 0 Å². The van der Waals surface area contributed by atoms with Gasteiger partial charge in [0.15, 0.2) is 0 Å². The summed E-state index contributed by atoms with van der Waals surface area (Å²) < 4.78 is 14.8. The highest BCUT2D eigenvalue weighted by Gasteiger charge is 2.14. The third-order valence-corrected chi connectivity index (χ3v) is 3.63. The molecule has 0 bridgehead atoms. The molecule has 0 spiro atoms. The molecule has 23 heavy (non-hydrogen) atoms. The van der Waals surface area contributed by atoms with Gasteiger partial charge in [-0.2, -0.15) is 0 Å². The molecule has 114 valence electrons. The van der Waals surface area contributed by atoms with Crippen molar-refractivity contribution >= 4 is 22.9 Å². The van der Waals surface area contributed by atoms with Gasteiger partial charge in [-0.05, 0) is 42.0 Å². The molecule has 0 aliphatic rings. The number of hydrogen-bond acceptors (Lipinski definition) is 2. The van der Waals surface area contributed by atoms with E-state index in [1.54, 1.807) is 41.0 Å². The quantitative estimate of drug-likeness (QED) is 0.808. The van der Waals surface area contributed by atoms with Crippen molar-refractivity contribution in [3.05, 3.63) is 82.4 Å². The third-order valence-electron chi connectivity index (χ3n) is 3.63. The van der Waals surface area contributed by atoms with Gasteiger partial charge < -0.3 is 10.3 Å². The number of carbonyl (C=O) groups is 1. The number of pyridine rings is 1. The number of benzene rings is 2. The van der Waals surface area contributed by atoms with Crippen LogP contribution in [0.25, 0.3) is 22.7 Å². The van der Waals surface area contributed by atoms with Crippen LogP contribution in [0.15, 0.2) is 60.0 Å². The van der Waals surface area contributed by atoms with Crippen LogP contribution in [0.1, 0.15) is 15.9 Å². The fraction of sp³-hybridized carbons (Fsp3) is 0. The molecular weight excluding hydrogens is 295 g/mol. The zero-order valence-electron chi connectivity index (χ0n) is 12.1. The number of nitrogens with two attached hydrogens (primary N) is 1. The van der Waals surface area contributed by atoms with Gasteiger partial charge in [0.2, 0.25) is 5.43 Å². The van der Waals surface area contributed by atoms with Gasteiger partial charge in [0.25, 0.3) is 5.91 Å². The summed E-state index contributed by atoms with van der Waals surface area (Å²) in [6.45, 7) is 3.67. The molecule has 0 unspecified atom stereocenters. The summed E-state index contributed by atoms with van der Waals surface area (Å²) in [5.74, 6) is -1.18. The first-order valence-electron chi connectivity index (χ1n) is 6.89. The number of primary amides is 1. The first-order chi connectivity index (χ1) is 11.0. The normalized spacial score (nSPS) is 10.7. The molecule has 0 fully saturated rings. The molecule has 1 aromatic heterocycles. The lowest BCUT2D eigenvalue weighted by molar-refractivity contribution is 0.0999. The number of rotatable bonds is 3. The van der Waals surface area contributed by atoms with E-state index >= 15 is 0 Å². The SMILES string of the molecule is C=Cc1ccc2c(c1)c(=O)c(C(N)=O)cn2-c1ccc(F)cc1. The molecule has 3 rings (SSSR count). The predicted octanol–water partition coefficient (Wildman–Crippen LogP) is 2.87. The lowest BCUT2D eigenvalue weighted by Gasteiger charge is -2.13.